The monoisotopic (exact) mass is 324 g/mol. The Bertz CT molecular complexity index is 627. The van der Waals surface area contributed by atoms with Crippen LogP contribution in [0.15, 0.2) is 24.3 Å². The van der Waals surface area contributed by atoms with Gasteiger partial charge in [0, 0.05) is 18.0 Å². The van der Waals surface area contributed by atoms with Crippen molar-refractivity contribution in [1.82, 2.24) is 9.88 Å². The van der Waals surface area contributed by atoms with Crippen molar-refractivity contribution in [2.45, 2.75) is 19.3 Å². The Kier molecular flexibility index (Phi) is 4.84. The van der Waals surface area contributed by atoms with Crippen molar-refractivity contribution in [3.63, 3.8) is 0 Å². The molecule has 0 N–H and O–H groups in total. The Labute approximate surface area is 134 Å². The lowest BCUT2D eigenvalue weighted by molar-refractivity contribution is 0.263. The highest BCUT2D eigenvalue weighted by Crippen LogP contribution is 2.28. The summed E-state index contributed by atoms with van der Waals surface area (Å²) in [5.74, 6) is 0.815. The second kappa shape index (κ2) is 6.82. The highest BCUT2D eigenvalue weighted by Gasteiger charge is 2.10. The first-order valence-electron chi connectivity index (χ1n) is 7.33. The zero-order chi connectivity index (χ0) is 14.7. The first-order valence-corrected chi connectivity index (χ1v) is 8.09. The molecular formula is C16H18Cl2N2O. The van der Waals surface area contributed by atoms with E-state index < -0.39 is 0 Å². The smallest absolute Gasteiger partial charge is 0.131 e. The van der Waals surface area contributed by atoms with Crippen molar-refractivity contribution in [3.05, 3.63) is 34.4 Å². The molecule has 3 rings (SSSR count). The number of benzene rings is 1. The van der Waals surface area contributed by atoms with Crippen LogP contribution in [0.3, 0.4) is 0 Å². The second-order valence-electron chi connectivity index (χ2n) is 5.36. The lowest BCUT2D eigenvalue weighted by Crippen LogP contribution is -2.21. The fourth-order valence-electron chi connectivity index (χ4n) is 2.71. The van der Waals surface area contributed by atoms with Gasteiger partial charge in [0.2, 0.25) is 0 Å². The molecule has 0 saturated carbocycles. The molecule has 0 aliphatic carbocycles. The number of fused-ring (bicyclic) bond motifs is 1. The van der Waals surface area contributed by atoms with Crippen LogP contribution in [0.1, 0.15) is 19.3 Å². The molecule has 1 fully saturated rings. The summed E-state index contributed by atoms with van der Waals surface area (Å²) in [5, 5.41) is 1.91. The Morgan fingerprint density at radius 3 is 2.76 bits per heavy atom. The molecule has 1 aliphatic heterocycles. The standard InChI is InChI=1S/C16H18Cl2N2O/c17-14-11-16(18)19-15-10-12(4-5-13(14)15)21-9-3-8-20-6-1-2-7-20/h4-5,10-11H,1-3,6-9H2. The molecule has 0 amide bonds. The van der Waals surface area contributed by atoms with E-state index in [9.17, 15) is 0 Å². The van der Waals surface area contributed by atoms with Gasteiger partial charge in [0.05, 0.1) is 17.1 Å². The van der Waals surface area contributed by atoms with Crippen LogP contribution in [0.2, 0.25) is 10.2 Å². The van der Waals surface area contributed by atoms with Crippen molar-refractivity contribution in [1.29, 1.82) is 0 Å². The Hall–Kier alpha value is -1.03. The first kappa shape index (κ1) is 14.9. The van der Waals surface area contributed by atoms with Gasteiger partial charge in [0.1, 0.15) is 10.9 Å². The van der Waals surface area contributed by atoms with Crippen LogP contribution in [0.4, 0.5) is 0 Å². The third kappa shape index (κ3) is 3.79. The summed E-state index contributed by atoms with van der Waals surface area (Å²) in [4.78, 5) is 6.77. The molecule has 0 spiro atoms. The van der Waals surface area contributed by atoms with E-state index in [4.69, 9.17) is 27.9 Å². The second-order valence-corrected chi connectivity index (χ2v) is 6.15. The summed E-state index contributed by atoms with van der Waals surface area (Å²) in [6, 6.07) is 7.40. The molecule has 1 saturated heterocycles. The fraction of sp³-hybridized carbons (Fsp3) is 0.438. The molecule has 0 unspecified atom stereocenters. The number of pyridine rings is 1. The van der Waals surface area contributed by atoms with Gasteiger partial charge in [-0.2, -0.15) is 0 Å². The largest absolute Gasteiger partial charge is 0.493 e. The Morgan fingerprint density at radius 2 is 1.95 bits per heavy atom. The molecule has 0 bridgehead atoms. The molecule has 112 valence electrons. The van der Waals surface area contributed by atoms with E-state index in [2.05, 4.69) is 9.88 Å². The quantitative estimate of drug-likeness (QED) is 0.601. The van der Waals surface area contributed by atoms with E-state index >= 15 is 0 Å². The van der Waals surface area contributed by atoms with Crippen LogP contribution >= 0.6 is 23.2 Å². The van der Waals surface area contributed by atoms with Crippen LogP contribution in [0, 0.1) is 0 Å². The van der Waals surface area contributed by atoms with E-state index in [1.165, 1.54) is 25.9 Å². The van der Waals surface area contributed by atoms with Gasteiger partial charge < -0.3 is 9.64 Å². The molecule has 2 aromatic rings. The molecule has 5 heteroatoms. The summed E-state index contributed by atoms with van der Waals surface area (Å²) in [6.45, 7) is 4.30. The molecule has 1 aliphatic rings. The number of halogens is 2. The Balaban J connectivity index is 1.59. The minimum absolute atomic E-state index is 0.402. The normalized spacial score (nSPS) is 15.7. The van der Waals surface area contributed by atoms with Crippen molar-refractivity contribution < 1.29 is 4.74 Å². The minimum Gasteiger partial charge on any atom is -0.493 e. The average Bonchev–Trinajstić information content (AvgIpc) is 2.96. The highest BCUT2D eigenvalue weighted by atomic mass is 35.5. The van der Waals surface area contributed by atoms with E-state index in [1.807, 2.05) is 18.2 Å². The fourth-order valence-corrected chi connectivity index (χ4v) is 3.23. The maximum Gasteiger partial charge on any atom is 0.131 e. The number of nitrogens with zero attached hydrogens (tertiary/aromatic N) is 2. The van der Waals surface area contributed by atoms with Gasteiger partial charge in [-0.05, 0) is 50.6 Å². The van der Waals surface area contributed by atoms with Crippen LogP contribution in [0.5, 0.6) is 5.75 Å². The van der Waals surface area contributed by atoms with Crippen molar-refractivity contribution in [2.24, 2.45) is 0 Å². The van der Waals surface area contributed by atoms with Gasteiger partial charge in [0.15, 0.2) is 0 Å². The number of likely N-dealkylation sites (tertiary alicyclic amines) is 1. The number of ether oxygens (including phenoxy) is 1. The van der Waals surface area contributed by atoms with E-state index in [1.54, 1.807) is 6.07 Å². The SMILES string of the molecule is Clc1cc(Cl)c2ccc(OCCCN3CCCC3)cc2n1. The van der Waals surface area contributed by atoms with Crippen LogP contribution in [-0.4, -0.2) is 36.1 Å². The highest BCUT2D eigenvalue weighted by molar-refractivity contribution is 6.37. The van der Waals surface area contributed by atoms with Gasteiger partial charge in [-0.1, -0.05) is 23.2 Å². The van der Waals surface area contributed by atoms with E-state index in [0.29, 0.717) is 10.2 Å². The van der Waals surface area contributed by atoms with Crippen LogP contribution < -0.4 is 4.74 Å². The maximum absolute atomic E-state index is 6.14. The molecule has 21 heavy (non-hydrogen) atoms. The molecular weight excluding hydrogens is 307 g/mol. The number of hydrogen-bond donors (Lipinski definition) is 0. The van der Waals surface area contributed by atoms with Crippen molar-refractivity contribution >= 4 is 34.1 Å². The topological polar surface area (TPSA) is 25.4 Å². The zero-order valence-corrected chi connectivity index (χ0v) is 13.3. The van der Waals surface area contributed by atoms with Crippen LogP contribution in [-0.2, 0) is 0 Å². The number of hydrogen-bond acceptors (Lipinski definition) is 3. The van der Waals surface area contributed by atoms with Gasteiger partial charge in [-0.15, -0.1) is 0 Å². The maximum atomic E-state index is 6.14. The van der Waals surface area contributed by atoms with Crippen LogP contribution in [0.25, 0.3) is 10.9 Å². The van der Waals surface area contributed by atoms with Crippen molar-refractivity contribution in [3.8, 4) is 5.75 Å². The average molecular weight is 325 g/mol. The molecule has 0 atom stereocenters. The molecule has 2 heterocycles. The van der Waals surface area contributed by atoms with E-state index in [0.717, 1.165) is 36.2 Å². The summed E-state index contributed by atoms with van der Waals surface area (Å²) < 4.78 is 5.80. The third-order valence-corrected chi connectivity index (χ3v) is 4.29. The predicted molar refractivity (Wildman–Crippen MR) is 87.5 cm³/mol. The first-order chi connectivity index (χ1) is 10.2. The third-order valence-electron chi connectivity index (χ3n) is 3.79. The number of rotatable bonds is 5. The predicted octanol–water partition coefficient (Wildman–Crippen LogP) is 4.41. The molecule has 3 nitrogen and oxygen atoms in total. The van der Waals surface area contributed by atoms with Gasteiger partial charge in [-0.25, -0.2) is 4.98 Å². The number of aromatic nitrogens is 1. The summed E-state index contributed by atoms with van der Waals surface area (Å²) >= 11 is 12.1. The molecule has 0 radical (unpaired) electrons. The summed E-state index contributed by atoms with van der Waals surface area (Å²) in [7, 11) is 0. The Morgan fingerprint density at radius 1 is 1.14 bits per heavy atom. The van der Waals surface area contributed by atoms with Gasteiger partial charge >= 0.3 is 0 Å². The summed E-state index contributed by atoms with van der Waals surface area (Å²) in [6.07, 6.45) is 3.71. The summed E-state index contributed by atoms with van der Waals surface area (Å²) in [5.41, 5.74) is 0.768. The van der Waals surface area contributed by atoms with Crippen molar-refractivity contribution in [2.75, 3.05) is 26.2 Å². The minimum atomic E-state index is 0.402. The molecule has 1 aromatic heterocycles. The van der Waals surface area contributed by atoms with E-state index in [-0.39, 0.29) is 0 Å². The van der Waals surface area contributed by atoms with Gasteiger partial charge in [-0.3, -0.25) is 0 Å². The lowest BCUT2D eigenvalue weighted by Gasteiger charge is -2.14. The lowest BCUT2D eigenvalue weighted by atomic mass is 10.2. The van der Waals surface area contributed by atoms with Gasteiger partial charge in [0.25, 0.3) is 0 Å². The zero-order valence-electron chi connectivity index (χ0n) is 11.8. The molecule has 1 aromatic carbocycles.